The van der Waals surface area contributed by atoms with Gasteiger partial charge in [0.2, 0.25) is 0 Å². The summed E-state index contributed by atoms with van der Waals surface area (Å²) in [5.41, 5.74) is 0.767. The van der Waals surface area contributed by atoms with Gasteiger partial charge in [-0.2, -0.15) is 0 Å². The van der Waals surface area contributed by atoms with E-state index in [4.69, 9.17) is 4.74 Å². The number of carbonyl (C=O) groups is 1. The van der Waals surface area contributed by atoms with E-state index in [1.165, 1.54) is 0 Å². The van der Waals surface area contributed by atoms with E-state index in [0.29, 0.717) is 11.5 Å². The van der Waals surface area contributed by atoms with Gasteiger partial charge >= 0.3 is 0 Å². The summed E-state index contributed by atoms with van der Waals surface area (Å²) in [6, 6.07) is 1.78. The van der Waals surface area contributed by atoms with Crippen LogP contribution in [0.3, 0.4) is 0 Å². The second kappa shape index (κ2) is 6.65. The zero-order chi connectivity index (χ0) is 15.5. The number of nitrogens with one attached hydrogen (secondary N) is 1. The summed E-state index contributed by atoms with van der Waals surface area (Å²) >= 11 is 0. The number of hydrogen-bond donors (Lipinski definition) is 1. The average Bonchev–Trinajstić information content (AvgIpc) is 2.55. The number of ether oxygens (including phenoxy) is 1. The Hall–Kier alpha value is -1.62. The van der Waals surface area contributed by atoms with E-state index in [1.807, 2.05) is 11.8 Å². The first-order valence-electron chi connectivity index (χ1n) is 8.22. The monoisotopic (exact) mass is 304 g/mol. The quantitative estimate of drug-likeness (QED) is 0.908. The summed E-state index contributed by atoms with van der Waals surface area (Å²) in [4.78, 5) is 29.0. The van der Waals surface area contributed by atoms with Gasteiger partial charge in [0, 0.05) is 32.5 Å². The van der Waals surface area contributed by atoms with Crippen molar-refractivity contribution in [2.45, 2.75) is 32.6 Å². The first-order valence-corrected chi connectivity index (χ1v) is 8.22. The van der Waals surface area contributed by atoms with Crippen LogP contribution in [0.1, 0.15) is 41.6 Å². The Kier molecular flexibility index (Phi) is 4.62. The molecule has 0 aliphatic carbocycles. The third-order valence-corrected chi connectivity index (χ3v) is 5.14. The minimum absolute atomic E-state index is 0.121. The van der Waals surface area contributed by atoms with Gasteiger partial charge in [-0.25, -0.2) is 0 Å². The van der Waals surface area contributed by atoms with Gasteiger partial charge in [0.25, 0.3) is 11.5 Å². The zero-order valence-corrected chi connectivity index (χ0v) is 13.1. The molecule has 2 aliphatic heterocycles. The highest BCUT2D eigenvalue weighted by Gasteiger charge is 2.30. The molecule has 0 unspecified atom stereocenters. The largest absolute Gasteiger partial charge is 0.381 e. The number of piperidine rings is 1. The molecule has 1 N–H and O–H groups in total. The lowest BCUT2D eigenvalue weighted by Gasteiger charge is -2.37. The van der Waals surface area contributed by atoms with Crippen molar-refractivity contribution in [2.75, 3.05) is 26.3 Å². The van der Waals surface area contributed by atoms with Gasteiger partial charge in [0.1, 0.15) is 5.56 Å². The SMILES string of the molecule is Cc1cc[nH]c(=O)c1C(=O)N1CCC(C2CCOCC2)CC1. The number of aromatic nitrogens is 1. The molecule has 0 bridgehead atoms. The summed E-state index contributed by atoms with van der Waals surface area (Å²) in [5, 5.41) is 0. The summed E-state index contributed by atoms with van der Waals surface area (Å²) in [7, 11) is 0. The molecule has 1 amide bonds. The number of H-pyrrole nitrogens is 1. The van der Waals surface area contributed by atoms with E-state index >= 15 is 0 Å². The van der Waals surface area contributed by atoms with Crippen LogP contribution in [-0.2, 0) is 4.74 Å². The Labute approximate surface area is 130 Å². The van der Waals surface area contributed by atoms with Gasteiger partial charge in [-0.05, 0) is 56.1 Å². The van der Waals surface area contributed by atoms with Crippen LogP contribution >= 0.6 is 0 Å². The standard InChI is InChI=1S/C17H24N2O3/c1-12-2-7-18-16(20)15(12)17(21)19-8-3-13(4-9-19)14-5-10-22-11-6-14/h2,7,13-14H,3-6,8-11H2,1H3,(H,18,20). The molecule has 0 saturated carbocycles. The van der Waals surface area contributed by atoms with Gasteiger partial charge in [-0.1, -0.05) is 0 Å². The highest BCUT2D eigenvalue weighted by Crippen LogP contribution is 2.32. The molecule has 120 valence electrons. The molecule has 2 aliphatic rings. The summed E-state index contributed by atoms with van der Waals surface area (Å²) in [5.74, 6) is 1.32. The number of nitrogens with zero attached hydrogens (tertiary/aromatic N) is 1. The van der Waals surface area contributed by atoms with Crippen molar-refractivity contribution in [3.8, 4) is 0 Å². The van der Waals surface area contributed by atoms with E-state index < -0.39 is 0 Å². The van der Waals surface area contributed by atoms with E-state index in [9.17, 15) is 9.59 Å². The molecule has 1 aromatic rings. The lowest BCUT2D eigenvalue weighted by atomic mass is 9.80. The van der Waals surface area contributed by atoms with Crippen molar-refractivity contribution in [3.63, 3.8) is 0 Å². The maximum absolute atomic E-state index is 12.6. The van der Waals surface area contributed by atoms with Gasteiger partial charge in [0.15, 0.2) is 0 Å². The molecule has 5 nitrogen and oxygen atoms in total. The van der Waals surface area contributed by atoms with E-state index in [-0.39, 0.29) is 11.5 Å². The van der Waals surface area contributed by atoms with E-state index in [2.05, 4.69) is 4.98 Å². The Morgan fingerprint density at radius 3 is 2.45 bits per heavy atom. The molecule has 2 fully saturated rings. The number of amides is 1. The van der Waals surface area contributed by atoms with Crippen molar-refractivity contribution < 1.29 is 9.53 Å². The first kappa shape index (κ1) is 15.3. The van der Waals surface area contributed by atoms with Crippen LogP contribution in [0.4, 0.5) is 0 Å². The summed E-state index contributed by atoms with van der Waals surface area (Å²) in [6.07, 6.45) is 5.97. The fourth-order valence-electron chi connectivity index (χ4n) is 3.76. The molecule has 22 heavy (non-hydrogen) atoms. The minimum Gasteiger partial charge on any atom is -0.381 e. The normalized spacial score (nSPS) is 21.0. The van der Waals surface area contributed by atoms with Crippen molar-refractivity contribution in [2.24, 2.45) is 11.8 Å². The number of aromatic amines is 1. The van der Waals surface area contributed by atoms with Crippen LogP contribution in [0.25, 0.3) is 0 Å². The maximum Gasteiger partial charge on any atom is 0.261 e. The van der Waals surface area contributed by atoms with Gasteiger partial charge < -0.3 is 14.6 Å². The lowest BCUT2D eigenvalue weighted by Crippen LogP contribution is -2.42. The van der Waals surface area contributed by atoms with Crippen molar-refractivity contribution >= 4 is 5.91 Å². The molecule has 1 aromatic heterocycles. The minimum atomic E-state index is -0.281. The predicted octanol–water partition coefficient (Wildman–Crippen LogP) is 1.96. The molecule has 2 saturated heterocycles. The fraction of sp³-hybridized carbons (Fsp3) is 0.647. The molecule has 5 heteroatoms. The van der Waals surface area contributed by atoms with Gasteiger partial charge in [-0.15, -0.1) is 0 Å². The predicted molar refractivity (Wildman–Crippen MR) is 84.0 cm³/mol. The number of hydrogen-bond acceptors (Lipinski definition) is 3. The second-order valence-corrected chi connectivity index (χ2v) is 6.44. The van der Waals surface area contributed by atoms with Crippen molar-refractivity contribution in [1.29, 1.82) is 0 Å². The van der Waals surface area contributed by atoms with Crippen LogP contribution in [0.15, 0.2) is 17.1 Å². The number of carbonyl (C=O) groups excluding carboxylic acids is 1. The Morgan fingerprint density at radius 1 is 1.18 bits per heavy atom. The van der Waals surface area contributed by atoms with Crippen molar-refractivity contribution in [1.82, 2.24) is 9.88 Å². The van der Waals surface area contributed by atoms with Crippen LogP contribution in [0.5, 0.6) is 0 Å². The second-order valence-electron chi connectivity index (χ2n) is 6.44. The first-order chi connectivity index (χ1) is 10.7. The Morgan fingerprint density at radius 2 is 1.82 bits per heavy atom. The third kappa shape index (κ3) is 3.09. The van der Waals surface area contributed by atoms with Gasteiger partial charge in [-0.3, -0.25) is 9.59 Å². The maximum atomic E-state index is 12.6. The number of likely N-dealkylation sites (tertiary alicyclic amines) is 1. The molecule has 0 aromatic carbocycles. The van der Waals surface area contributed by atoms with Crippen LogP contribution in [-0.4, -0.2) is 42.1 Å². The van der Waals surface area contributed by atoms with Crippen LogP contribution < -0.4 is 5.56 Å². The third-order valence-electron chi connectivity index (χ3n) is 5.14. The van der Waals surface area contributed by atoms with Gasteiger partial charge in [0.05, 0.1) is 0 Å². The van der Waals surface area contributed by atoms with Crippen LogP contribution in [0, 0.1) is 18.8 Å². The Balaban J connectivity index is 1.63. The molecule has 0 atom stereocenters. The molecular weight excluding hydrogens is 280 g/mol. The molecule has 3 heterocycles. The smallest absolute Gasteiger partial charge is 0.261 e. The molecule has 0 spiro atoms. The fourth-order valence-corrected chi connectivity index (χ4v) is 3.76. The van der Waals surface area contributed by atoms with Crippen LogP contribution in [0.2, 0.25) is 0 Å². The molecule has 3 rings (SSSR count). The number of aryl methyl sites for hydroxylation is 1. The van der Waals surface area contributed by atoms with Crippen molar-refractivity contribution in [3.05, 3.63) is 33.7 Å². The average molecular weight is 304 g/mol. The van der Waals surface area contributed by atoms with E-state index in [1.54, 1.807) is 12.3 Å². The summed E-state index contributed by atoms with van der Waals surface area (Å²) in [6.45, 7) is 5.09. The summed E-state index contributed by atoms with van der Waals surface area (Å²) < 4.78 is 5.43. The topological polar surface area (TPSA) is 62.4 Å². The molecular formula is C17H24N2O3. The highest BCUT2D eigenvalue weighted by molar-refractivity contribution is 5.95. The van der Waals surface area contributed by atoms with E-state index in [0.717, 1.165) is 63.5 Å². The molecule has 0 radical (unpaired) electrons. The lowest BCUT2D eigenvalue weighted by molar-refractivity contribution is 0.0287. The number of pyridine rings is 1. The number of rotatable bonds is 2. The zero-order valence-electron chi connectivity index (χ0n) is 13.1. The highest BCUT2D eigenvalue weighted by atomic mass is 16.5. The Bertz CT molecular complexity index is 582.